The van der Waals surface area contributed by atoms with Gasteiger partial charge < -0.3 is 14.2 Å². The number of carbonyl (C=O) groups is 1. The first-order valence-corrected chi connectivity index (χ1v) is 12.8. The predicted octanol–water partition coefficient (Wildman–Crippen LogP) is 5.70. The maximum atomic E-state index is 12.6. The van der Waals surface area contributed by atoms with Crippen LogP contribution >= 0.6 is 11.8 Å². The fraction of sp³-hybridized carbons (Fsp3) is 0.333. The van der Waals surface area contributed by atoms with Gasteiger partial charge in [0, 0.05) is 0 Å². The summed E-state index contributed by atoms with van der Waals surface area (Å²) in [4.78, 5) is 16.7. The summed E-state index contributed by atoms with van der Waals surface area (Å²) in [5.41, 5.74) is 2.16. The second-order valence-corrected chi connectivity index (χ2v) is 9.39. The zero-order valence-corrected chi connectivity index (χ0v) is 21.7. The molecular formula is C27H30N4O4S. The smallest absolute Gasteiger partial charge is 0.283 e. The third-order valence-corrected chi connectivity index (χ3v) is 7.02. The van der Waals surface area contributed by atoms with E-state index in [1.54, 1.807) is 31.4 Å². The van der Waals surface area contributed by atoms with E-state index < -0.39 is 5.91 Å². The largest absolute Gasteiger partial charge is 0.493 e. The Labute approximate surface area is 215 Å². The SMILES string of the molecule is CCC1=NN2C(=N)/C(=C\c3ccc(OCCOc4ccc([C@H](C)CC)cc4)c(OC)c3)C(=O)N=C2S1. The topological polar surface area (TPSA) is 96.6 Å². The highest BCUT2D eigenvalue weighted by atomic mass is 32.2. The second-order valence-electron chi connectivity index (χ2n) is 8.35. The van der Waals surface area contributed by atoms with Gasteiger partial charge in [0.1, 0.15) is 24.0 Å². The van der Waals surface area contributed by atoms with E-state index in [9.17, 15) is 4.79 Å². The van der Waals surface area contributed by atoms with E-state index in [-0.39, 0.29) is 11.4 Å². The zero-order chi connectivity index (χ0) is 25.7. The van der Waals surface area contributed by atoms with Gasteiger partial charge in [-0.1, -0.05) is 39.0 Å². The molecule has 188 valence electrons. The van der Waals surface area contributed by atoms with Crippen molar-refractivity contribution in [3.63, 3.8) is 0 Å². The third-order valence-electron chi connectivity index (χ3n) is 5.97. The molecule has 4 rings (SSSR count). The van der Waals surface area contributed by atoms with Gasteiger partial charge in [-0.2, -0.15) is 15.1 Å². The highest BCUT2D eigenvalue weighted by molar-refractivity contribution is 8.26. The number of hydrazone groups is 1. The van der Waals surface area contributed by atoms with Crippen LogP contribution in [0.1, 0.15) is 50.7 Å². The number of thioether (sulfide) groups is 1. The minimum Gasteiger partial charge on any atom is -0.493 e. The number of rotatable bonds is 10. The van der Waals surface area contributed by atoms with Crippen molar-refractivity contribution >= 4 is 39.8 Å². The van der Waals surface area contributed by atoms with E-state index in [1.807, 2.05) is 19.1 Å². The van der Waals surface area contributed by atoms with Gasteiger partial charge in [-0.15, -0.1) is 0 Å². The molecule has 0 saturated carbocycles. The van der Waals surface area contributed by atoms with E-state index in [0.717, 1.165) is 23.6 Å². The fourth-order valence-corrected chi connectivity index (χ4v) is 4.50. The first-order valence-electron chi connectivity index (χ1n) is 12.0. The number of benzene rings is 2. The summed E-state index contributed by atoms with van der Waals surface area (Å²) in [7, 11) is 1.56. The molecule has 2 aliphatic heterocycles. The van der Waals surface area contributed by atoms with Crippen molar-refractivity contribution in [3.05, 3.63) is 59.2 Å². The van der Waals surface area contributed by atoms with Crippen LogP contribution in [0.2, 0.25) is 0 Å². The molecule has 0 radical (unpaired) electrons. The number of aliphatic imine (C=N–C) groups is 1. The average molecular weight is 507 g/mol. The average Bonchev–Trinajstić information content (AvgIpc) is 3.32. The molecule has 0 spiro atoms. The molecular weight excluding hydrogens is 476 g/mol. The Bertz CT molecular complexity index is 1240. The Hall–Kier alpha value is -3.59. The number of carbonyl (C=O) groups excluding carboxylic acids is 1. The van der Waals surface area contributed by atoms with Gasteiger partial charge >= 0.3 is 0 Å². The number of amides is 1. The lowest BCUT2D eigenvalue weighted by atomic mass is 9.99. The summed E-state index contributed by atoms with van der Waals surface area (Å²) in [5, 5.41) is 15.5. The predicted molar refractivity (Wildman–Crippen MR) is 144 cm³/mol. The number of nitrogens with one attached hydrogen (secondary N) is 1. The van der Waals surface area contributed by atoms with Crippen LogP contribution in [0.4, 0.5) is 0 Å². The van der Waals surface area contributed by atoms with Crippen LogP contribution in [0.5, 0.6) is 17.2 Å². The van der Waals surface area contributed by atoms with E-state index in [2.05, 4.69) is 36.1 Å². The molecule has 9 heteroatoms. The molecule has 0 aliphatic carbocycles. The van der Waals surface area contributed by atoms with Gasteiger partial charge in [0.05, 0.1) is 12.7 Å². The molecule has 1 atom stereocenters. The molecule has 8 nitrogen and oxygen atoms in total. The number of nitrogens with zero attached hydrogens (tertiary/aromatic N) is 3. The van der Waals surface area contributed by atoms with Crippen LogP contribution < -0.4 is 14.2 Å². The van der Waals surface area contributed by atoms with Gasteiger partial charge in [0.15, 0.2) is 17.3 Å². The van der Waals surface area contributed by atoms with Crippen LogP contribution in [0.25, 0.3) is 6.08 Å². The van der Waals surface area contributed by atoms with E-state index in [4.69, 9.17) is 19.6 Å². The quantitative estimate of drug-likeness (QED) is 0.328. The van der Waals surface area contributed by atoms with Gasteiger partial charge in [0.2, 0.25) is 5.17 Å². The summed E-state index contributed by atoms with van der Waals surface area (Å²) in [5.74, 6) is 1.96. The first kappa shape index (κ1) is 25.5. The molecule has 2 aromatic carbocycles. The maximum absolute atomic E-state index is 12.6. The number of ether oxygens (including phenoxy) is 3. The van der Waals surface area contributed by atoms with E-state index >= 15 is 0 Å². The van der Waals surface area contributed by atoms with Gasteiger partial charge in [0.25, 0.3) is 5.91 Å². The summed E-state index contributed by atoms with van der Waals surface area (Å²) >= 11 is 1.32. The number of amidine groups is 2. The van der Waals surface area contributed by atoms with Gasteiger partial charge in [-0.05, 0) is 72.0 Å². The Balaban J connectivity index is 1.38. The molecule has 0 unspecified atom stereocenters. The van der Waals surface area contributed by atoms with Crippen LogP contribution in [0.15, 0.2) is 58.1 Å². The van der Waals surface area contributed by atoms with Crippen molar-refractivity contribution < 1.29 is 19.0 Å². The van der Waals surface area contributed by atoms with Crippen molar-refractivity contribution in [3.8, 4) is 17.2 Å². The molecule has 0 aromatic heterocycles. The molecule has 2 aromatic rings. The van der Waals surface area contributed by atoms with E-state index in [0.29, 0.717) is 41.4 Å². The van der Waals surface area contributed by atoms with Gasteiger partial charge in [-0.3, -0.25) is 10.2 Å². The molecule has 2 aliphatic rings. The molecule has 0 fully saturated rings. The maximum Gasteiger partial charge on any atom is 0.283 e. The van der Waals surface area contributed by atoms with E-state index in [1.165, 1.54) is 22.3 Å². The van der Waals surface area contributed by atoms with Crippen molar-refractivity contribution in [2.45, 2.75) is 39.5 Å². The Morgan fingerprint density at radius 2 is 1.83 bits per heavy atom. The Morgan fingerprint density at radius 3 is 2.53 bits per heavy atom. The lowest BCUT2D eigenvalue weighted by Gasteiger charge is -2.20. The molecule has 1 N–H and O–H groups in total. The number of hydrogen-bond donors (Lipinski definition) is 1. The molecule has 2 heterocycles. The molecule has 36 heavy (non-hydrogen) atoms. The Morgan fingerprint density at radius 1 is 1.08 bits per heavy atom. The standard InChI is InChI=1S/C27H30N4O4S/c1-5-17(3)19-8-10-20(11-9-19)34-13-14-35-22-12-7-18(16-23(22)33-4)15-21-25(28)31-27(29-26(21)32)36-24(6-2)30-31/h7-12,15-17,28H,5-6,13-14H2,1-4H3/b21-15+,28-25?/t17-/m1/s1. The van der Waals surface area contributed by atoms with Crippen LogP contribution in [-0.4, -0.2) is 47.3 Å². The molecule has 1 amide bonds. The van der Waals surface area contributed by atoms with Crippen molar-refractivity contribution in [2.75, 3.05) is 20.3 Å². The number of hydrogen-bond acceptors (Lipinski definition) is 7. The first-order chi connectivity index (χ1) is 17.4. The highest BCUT2D eigenvalue weighted by Crippen LogP contribution is 2.32. The zero-order valence-electron chi connectivity index (χ0n) is 20.9. The number of fused-ring (bicyclic) bond motifs is 1. The van der Waals surface area contributed by atoms with Crippen LogP contribution in [0, 0.1) is 5.41 Å². The lowest BCUT2D eigenvalue weighted by molar-refractivity contribution is -0.114. The van der Waals surface area contributed by atoms with Crippen molar-refractivity contribution in [1.82, 2.24) is 5.01 Å². The molecule has 0 saturated heterocycles. The minimum absolute atomic E-state index is 0.00887. The Kier molecular flexibility index (Phi) is 8.10. The number of methoxy groups -OCH3 is 1. The highest BCUT2D eigenvalue weighted by Gasteiger charge is 2.35. The lowest BCUT2D eigenvalue weighted by Crippen LogP contribution is -2.35. The van der Waals surface area contributed by atoms with Crippen LogP contribution in [0.3, 0.4) is 0 Å². The normalized spacial score (nSPS) is 17.0. The minimum atomic E-state index is -0.458. The third kappa shape index (κ3) is 5.62. The summed E-state index contributed by atoms with van der Waals surface area (Å²) in [6.07, 6.45) is 3.44. The van der Waals surface area contributed by atoms with Crippen molar-refractivity contribution in [1.29, 1.82) is 5.41 Å². The monoisotopic (exact) mass is 506 g/mol. The molecule has 0 bridgehead atoms. The summed E-state index contributed by atoms with van der Waals surface area (Å²) in [6.45, 7) is 7.09. The fourth-order valence-electron chi connectivity index (χ4n) is 3.67. The second kappa shape index (κ2) is 11.4. The summed E-state index contributed by atoms with van der Waals surface area (Å²) in [6, 6.07) is 13.5. The van der Waals surface area contributed by atoms with Crippen molar-refractivity contribution in [2.24, 2.45) is 10.1 Å². The van der Waals surface area contributed by atoms with Gasteiger partial charge in [-0.25, -0.2) is 0 Å². The van der Waals surface area contributed by atoms with Crippen LogP contribution in [-0.2, 0) is 4.79 Å². The summed E-state index contributed by atoms with van der Waals surface area (Å²) < 4.78 is 17.2.